The molecule has 0 atom stereocenters. The van der Waals surface area contributed by atoms with E-state index >= 15 is 0 Å². The Bertz CT molecular complexity index is 457. The Morgan fingerprint density at radius 2 is 2.20 bits per heavy atom. The van der Waals surface area contributed by atoms with Gasteiger partial charge in [-0.1, -0.05) is 13.8 Å². The number of aromatic nitrogens is 1. The average Bonchev–Trinajstić information content (AvgIpc) is 2.35. The van der Waals surface area contributed by atoms with Gasteiger partial charge in [0.15, 0.2) is 0 Å². The van der Waals surface area contributed by atoms with Crippen molar-refractivity contribution in [1.82, 2.24) is 10.3 Å². The minimum Gasteiger partial charge on any atom is -0.372 e. The molecule has 20 heavy (non-hydrogen) atoms. The lowest BCUT2D eigenvalue weighted by atomic mass is 10.1. The van der Waals surface area contributed by atoms with Crippen LogP contribution in [0.1, 0.15) is 38.8 Å². The van der Waals surface area contributed by atoms with E-state index in [4.69, 9.17) is 4.74 Å². The number of nitrogens with zero attached hydrogens (tertiary/aromatic N) is 2. The number of anilines is 1. The van der Waals surface area contributed by atoms with Crippen molar-refractivity contribution in [3.05, 3.63) is 23.4 Å². The van der Waals surface area contributed by atoms with E-state index in [1.165, 1.54) is 11.1 Å². The first-order chi connectivity index (χ1) is 9.37. The second kappa shape index (κ2) is 6.10. The topological polar surface area (TPSA) is 37.4 Å². The van der Waals surface area contributed by atoms with Gasteiger partial charge in [-0.3, -0.25) is 0 Å². The number of rotatable bonds is 4. The Hall–Kier alpha value is -1.13. The van der Waals surface area contributed by atoms with Gasteiger partial charge in [0.1, 0.15) is 5.82 Å². The van der Waals surface area contributed by atoms with Crippen LogP contribution in [0.15, 0.2) is 12.3 Å². The zero-order valence-corrected chi connectivity index (χ0v) is 13.4. The Labute approximate surface area is 122 Å². The zero-order valence-electron chi connectivity index (χ0n) is 13.4. The number of nitrogens with one attached hydrogen (secondary N) is 1. The summed E-state index contributed by atoms with van der Waals surface area (Å²) in [5.41, 5.74) is 2.39. The molecule has 112 valence electrons. The van der Waals surface area contributed by atoms with E-state index in [0.717, 1.165) is 32.1 Å². The molecule has 1 saturated heterocycles. The highest BCUT2D eigenvalue weighted by Gasteiger charge is 2.28. The lowest BCUT2D eigenvalue weighted by Crippen LogP contribution is -2.48. The van der Waals surface area contributed by atoms with Gasteiger partial charge in [-0.2, -0.15) is 0 Å². The molecular formula is C16H27N3O. The van der Waals surface area contributed by atoms with Crippen molar-refractivity contribution in [3.63, 3.8) is 0 Å². The van der Waals surface area contributed by atoms with Gasteiger partial charge in [0, 0.05) is 31.9 Å². The minimum absolute atomic E-state index is 0.0930. The Balaban J connectivity index is 2.09. The Morgan fingerprint density at radius 3 is 2.80 bits per heavy atom. The largest absolute Gasteiger partial charge is 0.372 e. The number of aryl methyl sites for hydroxylation is 1. The number of ether oxygens (including phenoxy) is 1. The third-order valence-corrected chi connectivity index (χ3v) is 3.55. The van der Waals surface area contributed by atoms with Crippen LogP contribution in [-0.2, 0) is 11.3 Å². The smallest absolute Gasteiger partial charge is 0.131 e. The first kappa shape index (κ1) is 15.3. The molecule has 0 aromatic carbocycles. The van der Waals surface area contributed by atoms with Crippen LogP contribution in [0.2, 0.25) is 0 Å². The van der Waals surface area contributed by atoms with Gasteiger partial charge in [0.05, 0.1) is 12.2 Å². The number of morpholine rings is 1. The Kier molecular flexibility index (Phi) is 4.66. The van der Waals surface area contributed by atoms with Crippen molar-refractivity contribution < 1.29 is 4.74 Å². The first-order valence-electron chi connectivity index (χ1n) is 7.45. The molecule has 0 bridgehead atoms. The summed E-state index contributed by atoms with van der Waals surface area (Å²) in [6.07, 6.45) is 1.99. The highest BCUT2D eigenvalue weighted by atomic mass is 16.5. The maximum atomic E-state index is 5.77. The molecule has 0 saturated carbocycles. The molecule has 2 rings (SSSR count). The third-order valence-electron chi connectivity index (χ3n) is 3.55. The first-order valence-corrected chi connectivity index (χ1v) is 7.45. The van der Waals surface area contributed by atoms with Crippen LogP contribution >= 0.6 is 0 Å². The maximum absolute atomic E-state index is 5.77. The average molecular weight is 277 g/mol. The lowest BCUT2D eigenvalue weighted by molar-refractivity contribution is -0.0279. The molecule has 4 nitrogen and oxygen atoms in total. The van der Waals surface area contributed by atoms with E-state index in [2.05, 4.69) is 55.9 Å². The Morgan fingerprint density at radius 1 is 1.45 bits per heavy atom. The number of hydrogen-bond acceptors (Lipinski definition) is 4. The molecule has 1 aliphatic rings. The number of pyridine rings is 1. The highest BCUT2D eigenvalue weighted by Crippen LogP contribution is 2.24. The summed E-state index contributed by atoms with van der Waals surface area (Å²) in [5.74, 6) is 1.09. The van der Waals surface area contributed by atoms with E-state index in [9.17, 15) is 0 Å². The van der Waals surface area contributed by atoms with Gasteiger partial charge in [0.25, 0.3) is 0 Å². The standard InChI is InChI=1S/C16H27N3O/c1-12(2)17-9-14-8-13(3)15(18-10-14)19-6-7-20-16(4,5)11-19/h8,10,12,17H,6-7,9,11H2,1-5H3. The molecule has 1 aromatic heterocycles. The van der Waals surface area contributed by atoms with Crippen LogP contribution < -0.4 is 10.2 Å². The molecule has 0 amide bonds. The van der Waals surface area contributed by atoms with Gasteiger partial charge in [-0.15, -0.1) is 0 Å². The normalized spacial score (nSPS) is 18.6. The second-order valence-corrected chi connectivity index (χ2v) is 6.55. The summed E-state index contributed by atoms with van der Waals surface area (Å²) in [7, 11) is 0. The fourth-order valence-electron chi connectivity index (χ4n) is 2.57. The van der Waals surface area contributed by atoms with Crippen molar-refractivity contribution in [2.75, 3.05) is 24.6 Å². The summed E-state index contributed by atoms with van der Waals surface area (Å²) in [6.45, 7) is 14.2. The van der Waals surface area contributed by atoms with Crippen molar-refractivity contribution in [2.45, 2.75) is 52.8 Å². The van der Waals surface area contributed by atoms with Crippen LogP contribution in [0.25, 0.3) is 0 Å². The quantitative estimate of drug-likeness (QED) is 0.917. The van der Waals surface area contributed by atoms with Gasteiger partial charge in [0.2, 0.25) is 0 Å². The van der Waals surface area contributed by atoms with Gasteiger partial charge in [-0.05, 0) is 38.0 Å². The molecule has 1 aliphatic heterocycles. The second-order valence-electron chi connectivity index (χ2n) is 6.55. The third kappa shape index (κ3) is 3.93. The summed E-state index contributed by atoms with van der Waals surface area (Å²) >= 11 is 0. The van der Waals surface area contributed by atoms with Crippen molar-refractivity contribution in [2.24, 2.45) is 0 Å². The van der Waals surface area contributed by atoms with E-state index in [1.54, 1.807) is 0 Å². The van der Waals surface area contributed by atoms with Crippen LogP contribution in [-0.4, -0.2) is 36.3 Å². The molecule has 0 spiro atoms. The monoisotopic (exact) mass is 277 g/mol. The van der Waals surface area contributed by atoms with E-state index < -0.39 is 0 Å². The van der Waals surface area contributed by atoms with Gasteiger partial charge >= 0.3 is 0 Å². The molecule has 0 unspecified atom stereocenters. The van der Waals surface area contributed by atoms with Crippen molar-refractivity contribution in [3.8, 4) is 0 Å². The maximum Gasteiger partial charge on any atom is 0.131 e. The fraction of sp³-hybridized carbons (Fsp3) is 0.688. The highest BCUT2D eigenvalue weighted by molar-refractivity contribution is 5.48. The molecule has 4 heteroatoms. The SMILES string of the molecule is Cc1cc(CNC(C)C)cnc1N1CCOC(C)(C)C1. The van der Waals surface area contributed by atoms with E-state index in [1.807, 2.05) is 6.20 Å². The molecule has 1 fully saturated rings. The van der Waals surface area contributed by atoms with Crippen molar-refractivity contribution in [1.29, 1.82) is 0 Å². The molecule has 0 radical (unpaired) electrons. The minimum atomic E-state index is -0.0930. The van der Waals surface area contributed by atoms with Gasteiger partial charge in [-0.25, -0.2) is 4.98 Å². The fourth-order valence-corrected chi connectivity index (χ4v) is 2.57. The summed E-state index contributed by atoms with van der Waals surface area (Å²) < 4.78 is 5.77. The van der Waals surface area contributed by atoms with E-state index in [0.29, 0.717) is 6.04 Å². The van der Waals surface area contributed by atoms with Crippen LogP contribution in [0.3, 0.4) is 0 Å². The van der Waals surface area contributed by atoms with Crippen LogP contribution in [0.4, 0.5) is 5.82 Å². The van der Waals surface area contributed by atoms with E-state index in [-0.39, 0.29) is 5.60 Å². The number of hydrogen-bond donors (Lipinski definition) is 1. The van der Waals surface area contributed by atoms with Crippen molar-refractivity contribution >= 4 is 5.82 Å². The van der Waals surface area contributed by atoms with Gasteiger partial charge < -0.3 is 15.0 Å². The lowest BCUT2D eigenvalue weighted by Gasteiger charge is -2.39. The summed E-state index contributed by atoms with van der Waals surface area (Å²) in [4.78, 5) is 7.01. The molecule has 1 aromatic rings. The van der Waals surface area contributed by atoms with Crippen LogP contribution in [0.5, 0.6) is 0 Å². The zero-order chi connectivity index (χ0) is 14.8. The van der Waals surface area contributed by atoms with Crippen LogP contribution in [0, 0.1) is 6.92 Å². The predicted octanol–water partition coefficient (Wildman–Crippen LogP) is 2.50. The predicted molar refractivity (Wildman–Crippen MR) is 83.2 cm³/mol. The summed E-state index contributed by atoms with van der Waals surface area (Å²) in [5, 5.41) is 3.43. The molecular weight excluding hydrogens is 250 g/mol. The summed E-state index contributed by atoms with van der Waals surface area (Å²) in [6, 6.07) is 2.73. The molecule has 0 aliphatic carbocycles. The molecule has 2 heterocycles. The molecule has 1 N–H and O–H groups in total.